The summed E-state index contributed by atoms with van der Waals surface area (Å²) < 4.78 is 2.23. The van der Waals surface area contributed by atoms with Crippen molar-refractivity contribution in [3.05, 3.63) is 11.5 Å². The van der Waals surface area contributed by atoms with Crippen molar-refractivity contribution in [1.29, 1.82) is 0 Å². The van der Waals surface area contributed by atoms with Crippen molar-refractivity contribution in [2.24, 2.45) is 5.92 Å². The molecule has 1 aromatic rings. The lowest BCUT2D eigenvalue weighted by atomic mass is 10.2. The molecule has 1 heterocycles. The van der Waals surface area contributed by atoms with Crippen LogP contribution in [0.2, 0.25) is 0 Å². The molecule has 3 nitrogen and oxygen atoms in total. The Labute approximate surface area is 98.1 Å². The first-order valence-electron chi connectivity index (χ1n) is 6.36. The second-order valence-corrected chi connectivity index (χ2v) is 5.67. The van der Waals surface area contributed by atoms with Gasteiger partial charge in [-0.3, -0.25) is 0 Å². The Hall–Kier alpha value is -0.990. The number of rotatable bonds is 4. The highest BCUT2D eigenvalue weighted by Crippen LogP contribution is 2.43. The highest BCUT2D eigenvalue weighted by Gasteiger charge is 2.31. The highest BCUT2D eigenvalue weighted by atomic mass is 15.1. The number of nitrogens with zero attached hydrogens (tertiary/aromatic N) is 2. The summed E-state index contributed by atoms with van der Waals surface area (Å²) in [4.78, 5) is 4.76. The van der Waals surface area contributed by atoms with Gasteiger partial charge >= 0.3 is 0 Å². The largest absolute Gasteiger partial charge is 0.384 e. The van der Waals surface area contributed by atoms with Crippen LogP contribution >= 0.6 is 0 Å². The van der Waals surface area contributed by atoms with Crippen molar-refractivity contribution in [3.63, 3.8) is 0 Å². The second-order valence-electron chi connectivity index (χ2n) is 5.67. The summed E-state index contributed by atoms with van der Waals surface area (Å²) in [6.07, 6.45) is 2.53. The lowest BCUT2D eigenvalue weighted by Crippen LogP contribution is -2.12. The van der Waals surface area contributed by atoms with Crippen molar-refractivity contribution < 1.29 is 0 Å². The molecule has 16 heavy (non-hydrogen) atoms. The molecular formula is C13H23N3. The smallest absolute Gasteiger partial charge is 0.127 e. The van der Waals surface area contributed by atoms with Gasteiger partial charge in [-0.15, -0.1) is 0 Å². The molecule has 0 aromatic carbocycles. The van der Waals surface area contributed by atoms with Crippen LogP contribution in [0.25, 0.3) is 0 Å². The molecule has 0 radical (unpaired) electrons. The van der Waals surface area contributed by atoms with E-state index >= 15 is 0 Å². The lowest BCUT2D eigenvalue weighted by molar-refractivity contribution is 0.502. The number of nitrogens with two attached hydrogens (primary N) is 1. The molecule has 1 aromatic heterocycles. The maximum absolute atomic E-state index is 6.23. The van der Waals surface area contributed by atoms with Gasteiger partial charge in [0.15, 0.2) is 0 Å². The van der Waals surface area contributed by atoms with E-state index < -0.39 is 0 Å². The average molecular weight is 221 g/mol. The van der Waals surface area contributed by atoms with Gasteiger partial charge in [0, 0.05) is 18.4 Å². The SMILES string of the molecule is CC(C)Cn1c(C(C)C)nc(C2CC2)c1N. The minimum absolute atomic E-state index is 0.452. The van der Waals surface area contributed by atoms with Crippen molar-refractivity contribution in [2.45, 2.75) is 58.9 Å². The maximum atomic E-state index is 6.23. The average Bonchev–Trinajstić information content (AvgIpc) is 2.95. The normalized spacial score (nSPS) is 16.4. The van der Waals surface area contributed by atoms with E-state index in [1.807, 2.05) is 0 Å². The van der Waals surface area contributed by atoms with Crippen LogP contribution in [-0.2, 0) is 6.54 Å². The highest BCUT2D eigenvalue weighted by molar-refractivity contribution is 5.43. The van der Waals surface area contributed by atoms with Gasteiger partial charge in [-0.25, -0.2) is 4.98 Å². The van der Waals surface area contributed by atoms with Crippen molar-refractivity contribution in [2.75, 3.05) is 5.73 Å². The molecule has 1 aliphatic rings. The molecule has 2 rings (SSSR count). The molecule has 1 aliphatic carbocycles. The van der Waals surface area contributed by atoms with E-state index in [0.29, 0.717) is 17.8 Å². The first-order valence-corrected chi connectivity index (χ1v) is 6.36. The number of imidazole rings is 1. The molecule has 0 spiro atoms. The number of hydrogen-bond donors (Lipinski definition) is 1. The molecule has 0 amide bonds. The van der Waals surface area contributed by atoms with E-state index in [-0.39, 0.29) is 0 Å². The monoisotopic (exact) mass is 221 g/mol. The lowest BCUT2D eigenvalue weighted by Gasteiger charge is -2.14. The summed E-state index contributed by atoms with van der Waals surface area (Å²) in [5, 5.41) is 0. The quantitative estimate of drug-likeness (QED) is 0.849. The second kappa shape index (κ2) is 4.11. The van der Waals surface area contributed by atoms with Gasteiger partial charge in [0.05, 0.1) is 5.69 Å². The number of nitrogen functional groups attached to an aromatic ring is 1. The summed E-state index contributed by atoms with van der Waals surface area (Å²) in [6.45, 7) is 9.81. The third kappa shape index (κ3) is 2.08. The Kier molecular flexibility index (Phi) is 2.96. The van der Waals surface area contributed by atoms with Crippen LogP contribution in [0.15, 0.2) is 0 Å². The number of hydrogen-bond acceptors (Lipinski definition) is 2. The van der Waals surface area contributed by atoms with Crippen molar-refractivity contribution in [3.8, 4) is 0 Å². The van der Waals surface area contributed by atoms with E-state index in [9.17, 15) is 0 Å². The molecule has 1 fully saturated rings. The predicted octanol–water partition coefficient (Wildman–Crippen LogP) is 3.12. The zero-order valence-electron chi connectivity index (χ0n) is 10.8. The molecule has 0 bridgehead atoms. The van der Waals surface area contributed by atoms with Crippen LogP contribution in [0.5, 0.6) is 0 Å². The van der Waals surface area contributed by atoms with Crippen LogP contribution in [0.4, 0.5) is 5.82 Å². The predicted molar refractivity (Wildman–Crippen MR) is 67.5 cm³/mol. The van der Waals surface area contributed by atoms with Gasteiger partial charge in [-0.2, -0.15) is 0 Å². The van der Waals surface area contributed by atoms with Gasteiger partial charge in [-0.1, -0.05) is 27.7 Å². The minimum atomic E-state index is 0.452. The van der Waals surface area contributed by atoms with Crippen LogP contribution in [0.3, 0.4) is 0 Å². The fourth-order valence-corrected chi connectivity index (χ4v) is 2.16. The van der Waals surface area contributed by atoms with Crippen molar-refractivity contribution >= 4 is 5.82 Å². The summed E-state index contributed by atoms with van der Waals surface area (Å²) in [7, 11) is 0. The fraction of sp³-hybridized carbons (Fsp3) is 0.769. The maximum Gasteiger partial charge on any atom is 0.127 e. The van der Waals surface area contributed by atoms with Gasteiger partial charge in [0.2, 0.25) is 0 Å². The Morgan fingerprint density at radius 1 is 1.31 bits per heavy atom. The molecule has 0 aliphatic heterocycles. The zero-order valence-corrected chi connectivity index (χ0v) is 10.8. The molecule has 0 saturated heterocycles. The third-order valence-corrected chi connectivity index (χ3v) is 3.09. The summed E-state index contributed by atoms with van der Waals surface area (Å²) >= 11 is 0. The Balaban J connectivity index is 2.37. The first kappa shape index (κ1) is 11.5. The topological polar surface area (TPSA) is 43.8 Å². The summed E-state index contributed by atoms with van der Waals surface area (Å²) in [5.41, 5.74) is 7.39. The van der Waals surface area contributed by atoms with Crippen LogP contribution in [-0.4, -0.2) is 9.55 Å². The van der Waals surface area contributed by atoms with Crippen LogP contribution < -0.4 is 5.73 Å². The first-order chi connectivity index (χ1) is 7.50. The van der Waals surface area contributed by atoms with E-state index in [2.05, 4.69) is 32.3 Å². The van der Waals surface area contributed by atoms with E-state index in [1.54, 1.807) is 0 Å². The summed E-state index contributed by atoms with van der Waals surface area (Å²) in [5.74, 6) is 3.79. The molecule has 0 atom stereocenters. The third-order valence-electron chi connectivity index (χ3n) is 3.09. The Morgan fingerprint density at radius 3 is 2.38 bits per heavy atom. The Morgan fingerprint density at radius 2 is 1.94 bits per heavy atom. The molecule has 3 heteroatoms. The van der Waals surface area contributed by atoms with Gasteiger partial charge in [0.25, 0.3) is 0 Å². The molecule has 0 unspecified atom stereocenters. The number of aromatic nitrogens is 2. The van der Waals surface area contributed by atoms with E-state index in [0.717, 1.165) is 23.9 Å². The van der Waals surface area contributed by atoms with E-state index in [4.69, 9.17) is 10.7 Å². The number of anilines is 1. The molecule has 1 saturated carbocycles. The van der Waals surface area contributed by atoms with Crippen molar-refractivity contribution in [1.82, 2.24) is 9.55 Å². The summed E-state index contributed by atoms with van der Waals surface area (Å²) in [6, 6.07) is 0. The Bertz CT molecular complexity index is 373. The standard InChI is InChI=1S/C13H23N3/c1-8(2)7-16-12(14)11(10-5-6-10)15-13(16)9(3)4/h8-10H,5-7,14H2,1-4H3. The minimum Gasteiger partial charge on any atom is -0.384 e. The molecule has 2 N–H and O–H groups in total. The fourth-order valence-electron chi connectivity index (χ4n) is 2.16. The van der Waals surface area contributed by atoms with Gasteiger partial charge in [-0.05, 0) is 18.8 Å². The molecule has 90 valence electrons. The van der Waals surface area contributed by atoms with Crippen LogP contribution in [0, 0.1) is 5.92 Å². The van der Waals surface area contributed by atoms with Gasteiger partial charge < -0.3 is 10.3 Å². The van der Waals surface area contributed by atoms with E-state index in [1.165, 1.54) is 12.8 Å². The molecular weight excluding hydrogens is 198 g/mol. The van der Waals surface area contributed by atoms with Gasteiger partial charge in [0.1, 0.15) is 11.6 Å². The van der Waals surface area contributed by atoms with Crippen LogP contribution in [0.1, 0.15) is 63.9 Å². The zero-order chi connectivity index (χ0) is 11.9.